The van der Waals surface area contributed by atoms with Crippen molar-refractivity contribution in [1.82, 2.24) is 0 Å². The number of nitrogens with zero attached hydrogens (tertiary/aromatic N) is 1. The summed E-state index contributed by atoms with van der Waals surface area (Å²) in [6.45, 7) is 3.61. The molecule has 10 heteroatoms. The van der Waals surface area contributed by atoms with E-state index in [0.717, 1.165) is 6.42 Å². The van der Waals surface area contributed by atoms with Crippen LogP contribution in [0.3, 0.4) is 0 Å². The van der Waals surface area contributed by atoms with Crippen molar-refractivity contribution < 1.29 is 26.4 Å². The standard InChI is InChI=1S/C20H24N2O6S2/c1-14-12-16(22-10-6-7-11-29(22,24)25)13-15(2)19(14)30(26,27)21-18-9-5-4-8-17(18)20(23)28-3/h4-5,8-9,12-13,21H,6-7,10-11H2,1-3H3. The molecule has 1 heterocycles. The van der Waals surface area contributed by atoms with Gasteiger partial charge in [-0.2, -0.15) is 0 Å². The van der Waals surface area contributed by atoms with Gasteiger partial charge in [0, 0.05) is 6.54 Å². The van der Waals surface area contributed by atoms with Crippen molar-refractivity contribution in [2.45, 2.75) is 31.6 Å². The normalized spacial score (nSPS) is 16.2. The Balaban J connectivity index is 2.01. The summed E-state index contributed by atoms with van der Waals surface area (Å²) in [5.41, 5.74) is 1.47. The lowest BCUT2D eigenvalue weighted by molar-refractivity contribution is 0.0602. The van der Waals surface area contributed by atoms with Gasteiger partial charge < -0.3 is 4.74 Å². The minimum absolute atomic E-state index is 0.0420. The second-order valence-electron chi connectivity index (χ2n) is 7.15. The molecule has 8 nitrogen and oxygen atoms in total. The molecule has 0 aliphatic carbocycles. The van der Waals surface area contributed by atoms with E-state index in [1.807, 2.05) is 0 Å². The number of esters is 1. The van der Waals surface area contributed by atoms with E-state index in [-0.39, 0.29) is 21.9 Å². The Hall–Kier alpha value is -2.59. The van der Waals surface area contributed by atoms with E-state index in [4.69, 9.17) is 4.74 Å². The number of ether oxygens (including phenoxy) is 1. The lowest BCUT2D eigenvalue weighted by Crippen LogP contribution is -2.38. The zero-order chi connectivity index (χ0) is 22.1. The number of hydrogen-bond acceptors (Lipinski definition) is 6. The number of carbonyl (C=O) groups excluding carboxylic acids is 1. The van der Waals surface area contributed by atoms with Gasteiger partial charge in [0.2, 0.25) is 10.0 Å². The predicted octanol–water partition coefficient (Wildman–Crippen LogP) is 2.82. The number of benzene rings is 2. The number of para-hydroxylation sites is 1. The highest BCUT2D eigenvalue weighted by molar-refractivity contribution is 7.93. The van der Waals surface area contributed by atoms with Gasteiger partial charge in [0.25, 0.3) is 10.0 Å². The van der Waals surface area contributed by atoms with Crippen molar-refractivity contribution in [3.05, 3.63) is 53.1 Å². The van der Waals surface area contributed by atoms with Gasteiger partial charge in [0.05, 0.1) is 34.7 Å². The van der Waals surface area contributed by atoms with Crippen molar-refractivity contribution in [2.75, 3.05) is 28.4 Å². The molecule has 30 heavy (non-hydrogen) atoms. The first kappa shape index (κ1) is 22.1. The van der Waals surface area contributed by atoms with Crippen LogP contribution in [-0.2, 0) is 24.8 Å². The van der Waals surface area contributed by atoms with E-state index in [0.29, 0.717) is 29.8 Å². The molecule has 0 amide bonds. The summed E-state index contributed by atoms with van der Waals surface area (Å²) >= 11 is 0. The summed E-state index contributed by atoms with van der Waals surface area (Å²) in [5.74, 6) is -0.579. The van der Waals surface area contributed by atoms with Crippen molar-refractivity contribution in [2.24, 2.45) is 0 Å². The van der Waals surface area contributed by atoms with Gasteiger partial charge in [-0.3, -0.25) is 9.03 Å². The summed E-state index contributed by atoms with van der Waals surface area (Å²) in [5, 5.41) is 0. The second-order valence-corrected chi connectivity index (χ2v) is 10.8. The van der Waals surface area contributed by atoms with Gasteiger partial charge in [0.1, 0.15) is 0 Å². The number of aryl methyl sites for hydroxylation is 2. The Morgan fingerprint density at radius 3 is 2.33 bits per heavy atom. The largest absolute Gasteiger partial charge is 0.465 e. The minimum Gasteiger partial charge on any atom is -0.465 e. The van der Waals surface area contributed by atoms with Gasteiger partial charge >= 0.3 is 5.97 Å². The zero-order valence-electron chi connectivity index (χ0n) is 17.0. The Morgan fingerprint density at radius 1 is 1.10 bits per heavy atom. The first-order chi connectivity index (χ1) is 14.1. The highest BCUT2D eigenvalue weighted by Crippen LogP contribution is 2.31. The number of carbonyl (C=O) groups is 1. The maximum atomic E-state index is 13.1. The monoisotopic (exact) mass is 452 g/mol. The van der Waals surface area contributed by atoms with Crippen LogP contribution in [0.4, 0.5) is 11.4 Å². The van der Waals surface area contributed by atoms with Crippen molar-refractivity contribution in [3.63, 3.8) is 0 Å². The lowest BCUT2D eigenvalue weighted by Gasteiger charge is -2.29. The zero-order valence-corrected chi connectivity index (χ0v) is 18.6. The number of rotatable bonds is 5. The molecule has 0 aromatic heterocycles. The maximum Gasteiger partial charge on any atom is 0.339 e. The summed E-state index contributed by atoms with van der Waals surface area (Å²) < 4.78 is 59.6. The Labute approximate surface area is 177 Å². The van der Waals surface area contributed by atoms with Crippen molar-refractivity contribution >= 4 is 37.4 Å². The number of sulfonamides is 2. The maximum absolute atomic E-state index is 13.1. The molecule has 3 rings (SSSR count). The second kappa shape index (κ2) is 8.27. The lowest BCUT2D eigenvalue weighted by atomic mass is 10.1. The molecule has 162 valence electrons. The average Bonchev–Trinajstić information content (AvgIpc) is 2.66. The fourth-order valence-electron chi connectivity index (χ4n) is 3.63. The fraction of sp³-hybridized carbons (Fsp3) is 0.350. The molecule has 2 aromatic rings. The number of nitrogens with one attached hydrogen (secondary N) is 1. The highest BCUT2D eigenvalue weighted by Gasteiger charge is 2.29. The molecule has 0 bridgehead atoms. The first-order valence-electron chi connectivity index (χ1n) is 9.38. The Kier molecular flexibility index (Phi) is 6.09. The molecule has 1 aliphatic heterocycles. The van der Waals surface area contributed by atoms with Crippen molar-refractivity contribution in [1.29, 1.82) is 0 Å². The minimum atomic E-state index is -4.04. The summed E-state index contributed by atoms with van der Waals surface area (Å²) in [6, 6.07) is 9.28. The Morgan fingerprint density at radius 2 is 1.73 bits per heavy atom. The van der Waals surface area contributed by atoms with E-state index in [1.165, 1.54) is 23.5 Å². The van der Waals surface area contributed by atoms with Gasteiger partial charge in [0.15, 0.2) is 0 Å². The first-order valence-corrected chi connectivity index (χ1v) is 12.5. The van der Waals surface area contributed by atoms with Crippen LogP contribution in [0, 0.1) is 13.8 Å². The molecule has 2 aromatic carbocycles. The highest BCUT2D eigenvalue weighted by atomic mass is 32.2. The van der Waals surface area contributed by atoms with Gasteiger partial charge in [-0.1, -0.05) is 12.1 Å². The molecule has 1 fully saturated rings. The van der Waals surface area contributed by atoms with Crippen LogP contribution >= 0.6 is 0 Å². The molecular weight excluding hydrogens is 428 g/mol. The molecular formula is C20H24N2O6S2. The fourth-order valence-corrected chi connectivity index (χ4v) is 6.79. The molecule has 0 radical (unpaired) electrons. The van der Waals surface area contributed by atoms with Crippen molar-refractivity contribution in [3.8, 4) is 0 Å². The van der Waals surface area contributed by atoms with Gasteiger partial charge in [-0.15, -0.1) is 0 Å². The molecule has 0 unspecified atom stereocenters. The molecule has 1 saturated heterocycles. The smallest absolute Gasteiger partial charge is 0.339 e. The van der Waals surface area contributed by atoms with Crippen LogP contribution in [0.2, 0.25) is 0 Å². The summed E-state index contributed by atoms with van der Waals surface area (Å²) in [6.07, 6.45) is 1.37. The average molecular weight is 453 g/mol. The van der Waals surface area contributed by atoms with Gasteiger partial charge in [-0.25, -0.2) is 21.6 Å². The molecule has 0 atom stereocenters. The van der Waals surface area contributed by atoms with Crippen LogP contribution in [0.15, 0.2) is 41.3 Å². The third-order valence-electron chi connectivity index (χ3n) is 4.93. The SMILES string of the molecule is COC(=O)c1ccccc1NS(=O)(=O)c1c(C)cc(N2CCCCS2(=O)=O)cc1C. The predicted molar refractivity (Wildman–Crippen MR) is 115 cm³/mol. The summed E-state index contributed by atoms with van der Waals surface area (Å²) in [7, 11) is -6.23. The molecule has 1 N–H and O–H groups in total. The van der Waals surface area contributed by atoms with Gasteiger partial charge in [-0.05, 0) is 62.1 Å². The van der Waals surface area contributed by atoms with Crippen LogP contribution in [0.1, 0.15) is 34.3 Å². The van der Waals surface area contributed by atoms with E-state index < -0.39 is 26.0 Å². The number of methoxy groups -OCH3 is 1. The summed E-state index contributed by atoms with van der Waals surface area (Å²) in [4.78, 5) is 12.0. The quantitative estimate of drug-likeness (QED) is 0.699. The topological polar surface area (TPSA) is 110 Å². The van der Waals surface area contributed by atoms with Crippen LogP contribution in [0.5, 0.6) is 0 Å². The van der Waals surface area contributed by atoms with Crippen LogP contribution in [0.25, 0.3) is 0 Å². The van der Waals surface area contributed by atoms with E-state index in [1.54, 1.807) is 38.1 Å². The van der Waals surface area contributed by atoms with E-state index in [2.05, 4.69) is 4.72 Å². The third-order valence-corrected chi connectivity index (χ3v) is 8.47. The molecule has 0 spiro atoms. The molecule has 0 saturated carbocycles. The van der Waals surface area contributed by atoms with Crippen LogP contribution in [-0.4, -0.2) is 42.2 Å². The van der Waals surface area contributed by atoms with Crippen LogP contribution < -0.4 is 9.03 Å². The molecule has 1 aliphatic rings. The number of hydrogen-bond donors (Lipinski definition) is 1. The number of anilines is 2. The van der Waals surface area contributed by atoms with E-state index >= 15 is 0 Å². The Bertz CT molecular complexity index is 1170. The van der Waals surface area contributed by atoms with E-state index in [9.17, 15) is 21.6 Å². The third kappa shape index (κ3) is 4.29.